The smallest absolute Gasteiger partial charge is 0.332 e. The number of aliphatic hydroxyl groups excluding tert-OH is 2. The van der Waals surface area contributed by atoms with E-state index in [0.717, 1.165) is 12.2 Å². The fourth-order valence-corrected chi connectivity index (χ4v) is 16.4. The lowest BCUT2D eigenvalue weighted by Crippen LogP contribution is -2.71. The van der Waals surface area contributed by atoms with Crippen molar-refractivity contribution < 1.29 is 89.7 Å². The van der Waals surface area contributed by atoms with E-state index in [2.05, 4.69) is 0 Å². The van der Waals surface area contributed by atoms with Gasteiger partial charge in [0.2, 0.25) is 11.6 Å². The van der Waals surface area contributed by atoms with Gasteiger partial charge in [-0.2, -0.15) is 0 Å². The zero-order valence-electron chi connectivity index (χ0n) is 41.0. The van der Waals surface area contributed by atoms with Crippen LogP contribution >= 0.6 is 0 Å². The first-order valence-corrected chi connectivity index (χ1v) is 24.5. The molecule has 0 aromatic rings. The largest absolute Gasteiger partial charge is 0.456 e. The minimum atomic E-state index is -2.42. The minimum Gasteiger partial charge on any atom is -0.456 e. The number of aliphatic hydroxyl groups is 2. The number of carbonyl (C=O) groups is 6. The Labute approximate surface area is 408 Å². The number of allylic oxidation sites excluding steroid dienone is 8. The summed E-state index contributed by atoms with van der Waals surface area (Å²) in [4.78, 5) is 79.6. The zero-order valence-corrected chi connectivity index (χ0v) is 41.0. The molecule has 2 N–H and O–H groups in total. The van der Waals surface area contributed by atoms with E-state index in [1.807, 2.05) is 0 Å². The quantitative estimate of drug-likeness (QED) is 0.221. The van der Waals surface area contributed by atoms with Crippen molar-refractivity contribution in [2.24, 2.45) is 45.3 Å². The SMILES string of the molecule is CC1(C)O[C@@H]2CC3C4C[C@H](F)C5=CC(=O)C=CC5(C)[C@@]4(F)[C@H](O)CC3(C)[C@]2(C(=O)COC(=O)COCC(=O)OCC(=O)[C@]23OC(C)(C)O[C@H]2CC2C4C[C@H](F)C5=CC(=O)C=CC5(C)[C@@]4(F)[C@@H](O)CC23C)O1. The standard InChI is InChI=1S/C52H62F4O15/c1-43(2)68-39-17-27-29-15-33(53)31-13-25(57)9-11-45(31,5)49(29,55)35(59)19-47(27,7)51(39,70-43)37(61)21-66-41(63)23-65-24-42(64)67-22-38(62)52-40(69-44(3,4)71-52)18-28-30-16-34(54)32-14-26(58)10-12-46(32,6)50(30,56)36(60)20-48(28,52)8/h9-14,27-30,33-36,39-40,59-60H,15-24H2,1-8H3/t27?,28?,29?,30?,33-,34-,35-,36+,39-,40+,45?,46?,47?,48?,49-,50-,51-,52+/m0/s1. The maximum Gasteiger partial charge on any atom is 0.332 e. The summed E-state index contributed by atoms with van der Waals surface area (Å²) in [5.74, 6) is -11.1. The van der Waals surface area contributed by atoms with Crippen molar-refractivity contribution in [3.63, 3.8) is 0 Å². The van der Waals surface area contributed by atoms with Crippen LogP contribution in [0.2, 0.25) is 0 Å². The third kappa shape index (κ3) is 6.50. The van der Waals surface area contributed by atoms with Gasteiger partial charge < -0.3 is 43.4 Å². The molecule has 2 aliphatic heterocycles. The number of carbonyl (C=O) groups excluding carboxylic acids is 6. The predicted molar refractivity (Wildman–Crippen MR) is 236 cm³/mol. The van der Waals surface area contributed by atoms with Crippen LogP contribution in [-0.4, -0.2) is 143 Å². The Kier molecular flexibility index (Phi) is 11.2. The average Bonchev–Trinajstić information content (AvgIpc) is 3.90. The summed E-state index contributed by atoms with van der Waals surface area (Å²) >= 11 is 0. The number of fused-ring (bicyclic) bond motifs is 14. The molecule has 2 saturated heterocycles. The van der Waals surface area contributed by atoms with Crippen LogP contribution < -0.4 is 0 Å². The number of alkyl halides is 4. The van der Waals surface area contributed by atoms with Crippen LogP contribution in [0, 0.1) is 45.3 Å². The fraction of sp³-hybridized carbons (Fsp3) is 0.731. The number of Topliss-reactive ketones (excluding diaryl/α,β-unsaturated/α-hetero) is 2. The van der Waals surface area contributed by atoms with Gasteiger partial charge in [-0.05, 0) is 127 Å². The molecular weight excluding hydrogens is 941 g/mol. The molecule has 8 unspecified atom stereocenters. The highest BCUT2D eigenvalue weighted by molar-refractivity contribution is 6.02. The molecule has 19 heteroatoms. The van der Waals surface area contributed by atoms with Crippen LogP contribution in [0.5, 0.6) is 0 Å². The maximum absolute atomic E-state index is 17.8. The Morgan fingerprint density at radius 3 is 1.32 bits per heavy atom. The van der Waals surface area contributed by atoms with Crippen molar-refractivity contribution in [3.8, 4) is 0 Å². The lowest BCUT2D eigenvalue weighted by Gasteiger charge is -2.63. The molecule has 0 radical (unpaired) electrons. The van der Waals surface area contributed by atoms with Crippen LogP contribution in [0.15, 0.2) is 47.6 Å². The summed E-state index contributed by atoms with van der Waals surface area (Å²) in [5.41, 5.74) is -14.7. The van der Waals surface area contributed by atoms with E-state index in [4.69, 9.17) is 33.2 Å². The molecule has 18 atom stereocenters. The second-order valence-corrected chi connectivity index (χ2v) is 23.5. The number of ether oxygens (including phenoxy) is 7. The highest BCUT2D eigenvalue weighted by Gasteiger charge is 2.83. The average molecular weight is 1000 g/mol. The van der Waals surface area contributed by atoms with Crippen LogP contribution in [0.1, 0.15) is 93.9 Å². The van der Waals surface area contributed by atoms with E-state index in [1.165, 1.54) is 38.2 Å². The normalized spacial score (nSPS) is 49.2. The highest BCUT2D eigenvalue weighted by atomic mass is 19.2. The summed E-state index contributed by atoms with van der Waals surface area (Å²) in [6.45, 7) is 9.17. The van der Waals surface area contributed by atoms with Gasteiger partial charge >= 0.3 is 11.9 Å². The van der Waals surface area contributed by atoms with Crippen LogP contribution in [0.3, 0.4) is 0 Å². The second-order valence-electron chi connectivity index (χ2n) is 23.5. The lowest BCUT2D eigenvalue weighted by atomic mass is 9.44. The molecule has 10 aliphatic rings. The zero-order chi connectivity index (χ0) is 51.7. The molecular formula is C52H62F4O15. The molecule has 0 spiro atoms. The Bertz CT molecular complexity index is 2360. The Hall–Kier alpha value is -3.98. The first-order valence-electron chi connectivity index (χ1n) is 24.5. The number of ketones is 4. The molecule has 71 heavy (non-hydrogen) atoms. The molecule has 388 valence electrons. The van der Waals surface area contributed by atoms with Crippen LogP contribution in [0.4, 0.5) is 17.6 Å². The van der Waals surface area contributed by atoms with Gasteiger partial charge in [-0.3, -0.25) is 19.2 Å². The lowest BCUT2D eigenvalue weighted by molar-refractivity contribution is -0.249. The molecule has 0 bridgehead atoms. The summed E-state index contributed by atoms with van der Waals surface area (Å²) in [7, 11) is 0. The summed E-state index contributed by atoms with van der Waals surface area (Å²) in [6, 6.07) is 0. The maximum atomic E-state index is 17.8. The van der Waals surface area contributed by atoms with E-state index in [0.29, 0.717) is 0 Å². The van der Waals surface area contributed by atoms with Crippen molar-refractivity contribution in [1.29, 1.82) is 0 Å². The minimum absolute atomic E-state index is 0.0479. The number of esters is 2. The molecule has 0 aromatic heterocycles. The molecule has 8 fully saturated rings. The number of halogens is 4. The first kappa shape index (κ1) is 50.5. The van der Waals surface area contributed by atoms with E-state index in [9.17, 15) is 39.0 Å². The van der Waals surface area contributed by atoms with Crippen LogP contribution in [0.25, 0.3) is 0 Å². The van der Waals surface area contributed by atoms with Gasteiger partial charge in [0.05, 0.1) is 24.4 Å². The molecule has 0 aromatic carbocycles. The Morgan fingerprint density at radius 1 is 0.592 bits per heavy atom. The monoisotopic (exact) mass is 1000 g/mol. The topological polar surface area (TPSA) is 207 Å². The van der Waals surface area contributed by atoms with Crippen molar-refractivity contribution in [1.82, 2.24) is 0 Å². The summed E-state index contributed by atoms with van der Waals surface area (Å²) < 4.78 is 109. The molecule has 2 heterocycles. The molecule has 15 nitrogen and oxygen atoms in total. The third-order valence-corrected chi connectivity index (χ3v) is 19.2. The fourth-order valence-electron chi connectivity index (χ4n) is 16.4. The van der Waals surface area contributed by atoms with Crippen molar-refractivity contribution >= 4 is 35.1 Å². The van der Waals surface area contributed by atoms with Crippen molar-refractivity contribution in [2.75, 3.05) is 26.4 Å². The van der Waals surface area contributed by atoms with Gasteiger partial charge in [0, 0.05) is 33.5 Å². The van der Waals surface area contributed by atoms with Gasteiger partial charge in [-0.1, -0.05) is 26.0 Å². The molecule has 6 saturated carbocycles. The number of hydrogen-bond donors (Lipinski definition) is 2. The summed E-state index contributed by atoms with van der Waals surface area (Å²) in [5, 5.41) is 23.6. The second kappa shape index (κ2) is 15.8. The Morgan fingerprint density at radius 2 is 0.958 bits per heavy atom. The van der Waals surface area contributed by atoms with Gasteiger partial charge in [0.1, 0.15) is 25.6 Å². The predicted octanol–water partition coefficient (Wildman–Crippen LogP) is 4.87. The molecule has 0 amide bonds. The van der Waals surface area contributed by atoms with Gasteiger partial charge in [0.15, 0.2) is 58.9 Å². The van der Waals surface area contributed by atoms with Gasteiger partial charge in [-0.15, -0.1) is 0 Å². The van der Waals surface area contributed by atoms with E-state index in [1.54, 1.807) is 41.5 Å². The van der Waals surface area contributed by atoms with Gasteiger partial charge in [-0.25, -0.2) is 27.2 Å². The van der Waals surface area contributed by atoms with Gasteiger partial charge in [0.25, 0.3) is 0 Å². The number of rotatable bonds is 10. The van der Waals surface area contributed by atoms with E-state index < -0.39 is 178 Å². The van der Waals surface area contributed by atoms with E-state index >= 15 is 17.6 Å². The molecule has 8 aliphatic carbocycles. The first-order chi connectivity index (χ1) is 32.9. The summed E-state index contributed by atoms with van der Waals surface area (Å²) in [6.07, 6.45) is -2.98. The molecule has 10 rings (SSSR count). The van der Waals surface area contributed by atoms with Crippen molar-refractivity contribution in [3.05, 3.63) is 47.6 Å². The number of hydrogen-bond acceptors (Lipinski definition) is 15. The van der Waals surface area contributed by atoms with E-state index in [-0.39, 0.29) is 49.7 Å². The Balaban J connectivity index is 0.781. The highest BCUT2D eigenvalue weighted by Crippen LogP contribution is 2.74. The van der Waals surface area contributed by atoms with Crippen molar-refractivity contribution in [2.45, 2.75) is 165 Å². The van der Waals surface area contributed by atoms with Crippen LogP contribution in [-0.2, 0) is 61.9 Å². The third-order valence-electron chi connectivity index (χ3n) is 19.2.